The van der Waals surface area contributed by atoms with Crippen LogP contribution in [-0.2, 0) is 37.2 Å². The fourth-order valence-corrected chi connectivity index (χ4v) is 8.09. The van der Waals surface area contributed by atoms with Gasteiger partial charge in [-0.25, -0.2) is 31.8 Å². The summed E-state index contributed by atoms with van der Waals surface area (Å²) in [5.41, 5.74) is -4.78. The lowest BCUT2D eigenvalue weighted by Crippen LogP contribution is -2.18. The Morgan fingerprint density at radius 3 is 1.42 bits per heavy atom. The zero-order valence-corrected chi connectivity index (χ0v) is 36.8. The molecule has 4 N–H and O–H groups in total. The summed E-state index contributed by atoms with van der Waals surface area (Å²) in [6.45, 7) is -0.250. The second kappa shape index (κ2) is 22.1. The number of hydrogen-bond acceptors (Lipinski definition) is 11. The van der Waals surface area contributed by atoms with Gasteiger partial charge in [0, 0.05) is 42.0 Å². The average Bonchev–Trinajstić information content (AvgIpc) is 3.20. The molecular formula is C38H25Cl5F6N6O9S2. The van der Waals surface area contributed by atoms with Gasteiger partial charge < -0.3 is 10.1 Å². The smallest absolute Gasteiger partial charge is 0.417 e. The van der Waals surface area contributed by atoms with Crippen molar-refractivity contribution in [3.8, 4) is 0 Å². The molecule has 6 rings (SSSR count). The Kier molecular flexibility index (Phi) is 18.3. The predicted octanol–water partition coefficient (Wildman–Crippen LogP) is 9.95. The van der Waals surface area contributed by atoms with Crippen LogP contribution in [0.1, 0.15) is 50.7 Å². The molecule has 0 saturated carbocycles. The van der Waals surface area contributed by atoms with Gasteiger partial charge in [-0.3, -0.25) is 28.6 Å². The molecule has 0 amide bonds. The quantitative estimate of drug-likeness (QED) is 0.0434. The van der Waals surface area contributed by atoms with E-state index in [2.05, 4.69) is 24.7 Å². The van der Waals surface area contributed by atoms with Gasteiger partial charge in [0.1, 0.15) is 16.5 Å². The third-order valence-corrected chi connectivity index (χ3v) is 11.8. The first kappa shape index (κ1) is 54.5. The molecule has 2 aromatic carbocycles. The Labute approximate surface area is 393 Å². The minimum atomic E-state index is -4.89. The standard InChI is InChI=1S/C18H9Cl3F3N3O3S.C18H10Cl2F3N3O4S.CH2O2.CH4/c19-10-6-14(16(26-8-10)17(28)9-3-4-25-15(21)5-9)27-31(29,30)11-1-2-13(20)12(7-11)18(22,23)24;19-10-6-14(16(25-8-10)17(28)9-3-4-24-15(27)5-9)26-31(29,30)11-1-2-13(20)12(7-11)18(21,22)23;2-1-3;/h1-8,27H;1-8,26H,(H,24,27);1H,(H,2,3);1H4. The van der Waals surface area contributed by atoms with E-state index in [4.69, 9.17) is 67.9 Å². The molecule has 0 aliphatic heterocycles. The summed E-state index contributed by atoms with van der Waals surface area (Å²) in [6, 6.07) is 11.1. The number of hydrogen-bond donors (Lipinski definition) is 4. The molecule has 0 radical (unpaired) electrons. The van der Waals surface area contributed by atoms with Crippen LogP contribution in [0, 0.1) is 0 Å². The number of ketones is 2. The van der Waals surface area contributed by atoms with Crippen LogP contribution in [0.25, 0.3) is 0 Å². The molecule has 0 unspecified atom stereocenters. The number of halogens is 11. The highest BCUT2D eigenvalue weighted by atomic mass is 35.5. The van der Waals surface area contributed by atoms with Gasteiger partial charge in [-0.05, 0) is 66.7 Å². The van der Waals surface area contributed by atoms with E-state index >= 15 is 0 Å². The topological polar surface area (TPSA) is 235 Å². The third kappa shape index (κ3) is 14.1. The van der Waals surface area contributed by atoms with E-state index < -0.39 is 86.2 Å². The Hall–Kier alpha value is -5.82. The fraction of sp³-hybridized carbons (Fsp3) is 0.0789. The number of H-pyrrole nitrogens is 1. The molecule has 0 saturated heterocycles. The molecule has 28 heteroatoms. The number of anilines is 2. The Morgan fingerprint density at radius 1 is 0.636 bits per heavy atom. The van der Waals surface area contributed by atoms with Gasteiger partial charge in [0.15, 0.2) is 0 Å². The Balaban J connectivity index is 0.000000326. The van der Waals surface area contributed by atoms with E-state index in [-0.39, 0.29) is 57.3 Å². The first-order chi connectivity index (χ1) is 30.2. The Morgan fingerprint density at radius 2 is 1.05 bits per heavy atom. The summed E-state index contributed by atoms with van der Waals surface area (Å²) in [4.78, 5) is 57.6. The maximum absolute atomic E-state index is 13.1. The van der Waals surface area contributed by atoms with Crippen molar-refractivity contribution in [1.29, 1.82) is 0 Å². The van der Waals surface area contributed by atoms with Crippen molar-refractivity contribution in [1.82, 2.24) is 19.9 Å². The second-order valence-corrected chi connectivity index (χ2v) is 17.6. The maximum atomic E-state index is 13.1. The molecule has 0 bridgehead atoms. The van der Waals surface area contributed by atoms with Crippen molar-refractivity contribution in [2.45, 2.75) is 29.6 Å². The number of aromatic amines is 1. The van der Waals surface area contributed by atoms with Gasteiger partial charge in [0.2, 0.25) is 17.1 Å². The zero-order valence-electron chi connectivity index (χ0n) is 31.3. The van der Waals surface area contributed by atoms with E-state index in [0.717, 1.165) is 54.9 Å². The highest BCUT2D eigenvalue weighted by Gasteiger charge is 2.36. The van der Waals surface area contributed by atoms with E-state index in [1.54, 1.807) is 0 Å². The van der Waals surface area contributed by atoms with Crippen molar-refractivity contribution in [2.24, 2.45) is 0 Å². The van der Waals surface area contributed by atoms with E-state index in [1.165, 1.54) is 30.6 Å². The van der Waals surface area contributed by atoms with Gasteiger partial charge in [0.25, 0.3) is 26.5 Å². The van der Waals surface area contributed by atoms with Crippen LogP contribution >= 0.6 is 58.0 Å². The third-order valence-electron chi connectivity index (χ3n) is 7.76. The van der Waals surface area contributed by atoms with E-state index in [9.17, 15) is 57.6 Å². The van der Waals surface area contributed by atoms with Gasteiger partial charge >= 0.3 is 12.4 Å². The maximum Gasteiger partial charge on any atom is 0.417 e. The Bertz CT molecular complexity index is 3090. The van der Waals surface area contributed by atoms with Gasteiger partial charge in [-0.1, -0.05) is 65.4 Å². The van der Waals surface area contributed by atoms with Crippen LogP contribution in [0.15, 0.2) is 112 Å². The monoisotopic (exact) mass is 1060 g/mol. The van der Waals surface area contributed by atoms with Crippen molar-refractivity contribution < 1.29 is 62.7 Å². The molecule has 4 heterocycles. The summed E-state index contributed by atoms with van der Waals surface area (Å²) in [7, 11) is -9.18. The number of benzene rings is 2. The molecule has 15 nitrogen and oxygen atoms in total. The van der Waals surface area contributed by atoms with Crippen LogP contribution in [0.2, 0.25) is 25.2 Å². The first-order valence-corrected chi connectivity index (χ1v) is 21.6. The number of nitrogens with zero attached hydrogens (tertiary/aromatic N) is 3. The van der Waals surface area contributed by atoms with Crippen LogP contribution in [0.4, 0.5) is 37.7 Å². The number of alkyl halides is 6. The van der Waals surface area contributed by atoms with Crippen LogP contribution in [0.5, 0.6) is 0 Å². The van der Waals surface area contributed by atoms with Crippen LogP contribution in [0.3, 0.4) is 0 Å². The lowest BCUT2D eigenvalue weighted by atomic mass is 10.1. The van der Waals surface area contributed by atoms with Crippen molar-refractivity contribution in [2.75, 3.05) is 9.44 Å². The lowest BCUT2D eigenvalue weighted by Gasteiger charge is -2.14. The number of sulfonamides is 2. The average molecular weight is 1070 g/mol. The molecule has 0 aliphatic carbocycles. The van der Waals surface area contributed by atoms with Gasteiger partial charge in [-0.15, -0.1) is 0 Å². The lowest BCUT2D eigenvalue weighted by molar-refractivity contribution is -0.138. The molecule has 0 spiro atoms. The van der Waals surface area contributed by atoms with E-state index in [0.29, 0.717) is 12.1 Å². The summed E-state index contributed by atoms with van der Waals surface area (Å²) in [5, 5.41) is 5.49. The highest BCUT2D eigenvalue weighted by molar-refractivity contribution is 7.93. The molecule has 0 atom stereocenters. The number of nitrogens with one attached hydrogen (secondary N) is 3. The highest BCUT2D eigenvalue weighted by Crippen LogP contribution is 2.38. The van der Waals surface area contributed by atoms with Crippen molar-refractivity contribution >= 4 is 107 Å². The number of rotatable bonds is 10. The number of carbonyl (C=O) groups excluding carboxylic acids is 2. The van der Waals surface area contributed by atoms with E-state index in [1.807, 2.05) is 4.72 Å². The fourth-order valence-electron chi connectivity index (χ4n) is 4.98. The minimum Gasteiger partial charge on any atom is -0.483 e. The molecule has 0 fully saturated rings. The van der Waals surface area contributed by atoms with Crippen molar-refractivity contribution in [3.05, 3.63) is 167 Å². The summed E-state index contributed by atoms with van der Waals surface area (Å²) < 4.78 is 134. The number of carbonyl (C=O) groups is 3. The SMILES string of the molecule is C.O=C(c1cc[nH]c(=O)c1)c1ncc(Cl)cc1NS(=O)(=O)c1ccc(Cl)c(C(F)(F)F)c1.O=C(c1ccnc(Cl)c1)c1ncc(Cl)cc1NS(=O)(=O)c1ccc(Cl)c(C(F)(F)F)c1.O=CO. The largest absolute Gasteiger partial charge is 0.483 e. The zero-order chi connectivity index (χ0) is 48.7. The molecule has 66 heavy (non-hydrogen) atoms. The van der Waals surface area contributed by atoms with Crippen molar-refractivity contribution in [3.63, 3.8) is 0 Å². The molecule has 4 aromatic heterocycles. The molecular weight excluding hydrogens is 1040 g/mol. The summed E-state index contributed by atoms with van der Waals surface area (Å²) in [6.07, 6.45) is -5.10. The summed E-state index contributed by atoms with van der Waals surface area (Å²) in [5.74, 6) is -1.53. The summed E-state index contributed by atoms with van der Waals surface area (Å²) >= 11 is 28.5. The first-order valence-electron chi connectivity index (χ1n) is 16.8. The minimum absolute atomic E-state index is 0. The predicted molar refractivity (Wildman–Crippen MR) is 232 cm³/mol. The number of aromatic nitrogens is 4. The van der Waals surface area contributed by atoms with Crippen LogP contribution in [-0.4, -0.2) is 59.9 Å². The normalized spacial score (nSPS) is 11.4. The van der Waals surface area contributed by atoms with Gasteiger partial charge in [0.05, 0.1) is 52.4 Å². The molecule has 6 aromatic rings. The number of carboxylic acid groups (broad SMARTS) is 1. The van der Waals surface area contributed by atoms with Crippen LogP contribution < -0.4 is 15.0 Å². The number of pyridine rings is 4. The second-order valence-electron chi connectivity index (χ2n) is 12.2. The molecule has 0 aliphatic rings. The van der Waals surface area contributed by atoms with Gasteiger partial charge in [-0.2, -0.15) is 26.3 Å². The molecule has 350 valence electrons.